The number of amides is 1. The van der Waals surface area contributed by atoms with Crippen LogP contribution >= 0.6 is 0 Å². The van der Waals surface area contributed by atoms with Crippen molar-refractivity contribution < 1.29 is 32.5 Å². The zero-order valence-corrected chi connectivity index (χ0v) is 22.6. The Morgan fingerprint density at radius 3 is 2.67 bits per heavy atom. The Morgan fingerprint density at radius 1 is 1.25 bits per heavy atom. The predicted octanol–water partition coefficient (Wildman–Crippen LogP) is 4.59. The van der Waals surface area contributed by atoms with E-state index in [-0.39, 0.29) is 18.0 Å². The maximum absolute atomic E-state index is 13.4. The molecule has 2 fully saturated rings. The lowest BCUT2D eigenvalue weighted by atomic mass is 9.48. The molecule has 9 heteroatoms. The Kier molecular flexibility index (Phi) is 6.31. The van der Waals surface area contributed by atoms with Crippen LogP contribution in [0.1, 0.15) is 41.5 Å². The highest BCUT2D eigenvalue weighted by atomic mass is 19.4. The first-order valence-electron chi connectivity index (χ1n) is 13.6. The molecule has 0 aromatic heterocycles. The van der Waals surface area contributed by atoms with Crippen molar-refractivity contribution in [3.63, 3.8) is 0 Å². The third kappa shape index (κ3) is 3.74. The van der Waals surface area contributed by atoms with Gasteiger partial charge in [-0.2, -0.15) is 13.2 Å². The molecule has 40 heavy (non-hydrogen) atoms. The van der Waals surface area contributed by atoms with Gasteiger partial charge in [-0.3, -0.25) is 9.69 Å². The standard InChI is InChI=1S/C31H33F3N2O4/c1-4-16-36-17-15-29-26-20-8-11-23(39-3)27(26)40-28(29)22(13-14-30(29,38)24(36)18-20)35(2)25(37)12-7-19-5-9-21(10-6-19)31(32,33)34/h4-12,22,24,28,38H,1,13-18H2,2-3H3/t22-,24-,28+,29+,30-/m1/s1. The Hall–Kier alpha value is -3.30. The fourth-order valence-corrected chi connectivity index (χ4v) is 7.77. The second-order valence-corrected chi connectivity index (χ2v) is 11.3. The van der Waals surface area contributed by atoms with E-state index in [1.807, 2.05) is 12.1 Å². The molecule has 5 atom stereocenters. The van der Waals surface area contributed by atoms with Crippen molar-refractivity contribution in [2.24, 2.45) is 0 Å². The summed E-state index contributed by atoms with van der Waals surface area (Å²) in [5.41, 5.74) is 0.175. The topological polar surface area (TPSA) is 62.2 Å². The number of piperidine rings is 1. The van der Waals surface area contributed by atoms with Crippen molar-refractivity contribution in [1.29, 1.82) is 0 Å². The number of rotatable bonds is 6. The largest absolute Gasteiger partial charge is 0.493 e. The Morgan fingerprint density at radius 2 is 2.00 bits per heavy atom. The SMILES string of the molecule is C=CCN1CC[C@]23c4c5ccc(OC)c4O[C@H]2[C@H](N(C)C(=O)C=Cc2ccc(C(F)(F)F)cc2)CC[C@@]3(O)[C@H]1C5. The molecule has 6 rings (SSSR count). The first kappa shape index (κ1) is 26.9. The molecule has 212 valence electrons. The van der Waals surface area contributed by atoms with Crippen LogP contribution in [-0.4, -0.2) is 71.8 Å². The number of ether oxygens (including phenoxy) is 2. The molecule has 2 bridgehead atoms. The van der Waals surface area contributed by atoms with Crippen LogP contribution in [0.25, 0.3) is 6.08 Å². The van der Waals surface area contributed by atoms with Gasteiger partial charge in [0.15, 0.2) is 11.5 Å². The maximum atomic E-state index is 13.4. The molecule has 6 nitrogen and oxygen atoms in total. The predicted molar refractivity (Wildman–Crippen MR) is 144 cm³/mol. The lowest BCUT2D eigenvalue weighted by Crippen LogP contribution is -2.78. The molecular weight excluding hydrogens is 521 g/mol. The molecular formula is C31H33F3N2O4. The van der Waals surface area contributed by atoms with Crippen LogP contribution in [-0.2, 0) is 22.8 Å². The van der Waals surface area contributed by atoms with Gasteiger partial charge in [-0.05, 0) is 67.6 Å². The second-order valence-electron chi connectivity index (χ2n) is 11.3. The molecule has 4 aliphatic rings. The van der Waals surface area contributed by atoms with Gasteiger partial charge >= 0.3 is 6.18 Å². The molecule has 1 saturated carbocycles. The van der Waals surface area contributed by atoms with Crippen molar-refractivity contribution in [1.82, 2.24) is 9.80 Å². The number of nitrogens with zero attached hydrogens (tertiary/aromatic N) is 2. The zero-order valence-electron chi connectivity index (χ0n) is 22.6. The number of hydrogen-bond donors (Lipinski definition) is 1. The van der Waals surface area contributed by atoms with Crippen LogP contribution in [0.5, 0.6) is 11.5 Å². The molecule has 0 unspecified atom stereocenters. The number of aliphatic hydroxyl groups is 1. The average Bonchev–Trinajstić information content (AvgIpc) is 3.28. The van der Waals surface area contributed by atoms with Gasteiger partial charge in [-0.15, -0.1) is 6.58 Å². The molecule has 1 N–H and O–H groups in total. The van der Waals surface area contributed by atoms with Crippen LogP contribution in [0, 0.1) is 0 Å². The number of alkyl halides is 3. The number of carbonyl (C=O) groups is 1. The molecule has 1 saturated heterocycles. The van der Waals surface area contributed by atoms with E-state index >= 15 is 0 Å². The Labute approximate surface area is 231 Å². The van der Waals surface area contributed by atoms with Gasteiger partial charge in [0, 0.05) is 31.3 Å². The van der Waals surface area contributed by atoms with Crippen molar-refractivity contribution in [3.05, 3.63) is 77.4 Å². The summed E-state index contributed by atoms with van der Waals surface area (Å²) in [5, 5.41) is 12.5. The average molecular weight is 555 g/mol. The molecule has 1 amide bonds. The van der Waals surface area contributed by atoms with E-state index in [0.29, 0.717) is 49.3 Å². The van der Waals surface area contributed by atoms with Crippen LogP contribution in [0.15, 0.2) is 55.1 Å². The van der Waals surface area contributed by atoms with E-state index in [9.17, 15) is 23.1 Å². The van der Waals surface area contributed by atoms with Crippen molar-refractivity contribution in [2.45, 2.75) is 61.1 Å². The summed E-state index contributed by atoms with van der Waals surface area (Å²) >= 11 is 0. The summed E-state index contributed by atoms with van der Waals surface area (Å²) in [6.07, 6.45) is 2.31. The smallest absolute Gasteiger partial charge is 0.416 e. The van der Waals surface area contributed by atoms with Gasteiger partial charge in [-0.25, -0.2) is 0 Å². The van der Waals surface area contributed by atoms with Gasteiger partial charge in [0.05, 0.1) is 29.7 Å². The molecule has 0 radical (unpaired) electrons. The van der Waals surface area contributed by atoms with E-state index < -0.39 is 28.9 Å². The summed E-state index contributed by atoms with van der Waals surface area (Å²) in [5.74, 6) is 0.994. The fraction of sp³-hybridized carbons (Fsp3) is 0.452. The van der Waals surface area contributed by atoms with Gasteiger partial charge in [-0.1, -0.05) is 24.3 Å². The Balaban J connectivity index is 1.33. The van der Waals surface area contributed by atoms with E-state index in [0.717, 1.165) is 29.8 Å². The number of methoxy groups -OCH3 is 1. The van der Waals surface area contributed by atoms with E-state index in [1.165, 1.54) is 24.3 Å². The van der Waals surface area contributed by atoms with Gasteiger partial charge < -0.3 is 19.5 Å². The van der Waals surface area contributed by atoms with Gasteiger partial charge in [0.25, 0.3) is 0 Å². The van der Waals surface area contributed by atoms with Crippen molar-refractivity contribution in [3.8, 4) is 11.5 Å². The first-order chi connectivity index (χ1) is 19.0. The molecule has 2 heterocycles. The number of likely N-dealkylation sites (tertiary alicyclic amines) is 1. The zero-order chi connectivity index (χ0) is 28.4. The third-order valence-electron chi connectivity index (χ3n) is 9.61. The van der Waals surface area contributed by atoms with Gasteiger partial charge in [0.2, 0.25) is 5.91 Å². The minimum absolute atomic E-state index is 0.0984. The van der Waals surface area contributed by atoms with E-state index in [1.54, 1.807) is 19.1 Å². The summed E-state index contributed by atoms with van der Waals surface area (Å²) in [6.45, 7) is 5.38. The monoisotopic (exact) mass is 554 g/mol. The molecule has 2 aromatic rings. The van der Waals surface area contributed by atoms with Crippen LogP contribution in [0.3, 0.4) is 0 Å². The van der Waals surface area contributed by atoms with Crippen LogP contribution in [0.2, 0.25) is 0 Å². The maximum Gasteiger partial charge on any atom is 0.416 e. The minimum atomic E-state index is -4.41. The van der Waals surface area contributed by atoms with Crippen LogP contribution < -0.4 is 9.47 Å². The minimum Gasteiger partial charge on any atom is -0.493 e. The number of hydrogen-bond acceptors (Lipinski definition) is 5. The number of likely N-dealkylation sites (N-methyl/N-ethyl adjacent to an activating group) is 1. The Bertz CT molecular complexity index is 1370. The second kappa shape index (κ2) is 9.38. The lowest BCUT2D eigenvalue weighted by Gasteiger charge is -2.64. The summed E-state index contributed by atoms with van der Waals surface area (Å²) in [7, 11) is 3.33. The number of carbonyl (C=O) groups excluding carboxylic acids is 1. The molecule has 2 aliphatic carbocycles. The van der Waals surface area contributed by atoms with Crippen LogP contribution in [0.4, 0.5) is 13.2 Å². The summed E-state index contributed by atoms with van der Waals surface area (Å²) in [6, 6.07) is 8.26. The lowest BCUT2D eigenvalue weighted by molar-refractivity contribution is -0.198. The highest BCUT2D eigenvalue weighted by Gasteiger charge is 2.73. The van der Waals surface area contributed by atoms with E-state index in [4.69, 9.17) is 9.47 Å². The normalized spacial score (nSPS) is 30.5. The highest BCUT2D eigenvalue weighted by Crippen LogP contribution is 2.65. The highest BCUT2D eigenvalue weighted by molar-refractivity contribution is 5.92. The van der Waals surface area contributed by atoms with Crippen molar-refractivity contribution >= 4 is 12.0 Å². The summed E-state index contributed by atoms with van der Waals surface area (Å²) in [4.78, 5) is 17.3. The first-order valence-corrected chi connectivity index (χ1v) is 13.6. The molecule has 1 spiro atoms. The quantitative estimate of drug-likeness (QED) is 0.418. The third-order valence-corrected chi connectivity index (χ3v) is 9.61. The van der Waals surface area contributed by atoms with E-state index in [2.05, 4.69) is 17.5 Å². The fourth-order valence-electron chi connectivity index (χ4n) is 7.77. The number of halogens is 3. The molecule has 2 aliphatic heterocycles. The molecule has 2 aromatic carbocycles. The van der Waals surface area contributed by atoms with Gasteiger partial charge in [0.1, 0.15) is 6.10 Å². The summed E-state index contributed by atoms with van der Waals surface area (Å²) < 4.78 is 51.1. The van der Waals surface area contributed by atoms with Crippen molar-refractivity contribution in [2.75, 3.05) is 27.2 Å². The number of benzene rings is 2.